The van der Waals surface area contributed by atoms with Crippen molar-refractivity contribution < 1.29 is 18.4 Å². The summed E-state index contributed by atoms with van der Waals surface area (Å²) in [5, 5.41) is 7.04. The number of halogens is 1. The van der Waals surface area contributed by atoms with Crippen LogP contribution in [0.5, 0.6) is 0 Å². The first kappa shape index (κ1) is 21.0. The SMILES string of the molecule is Cc1nc(C(=O)N(CC(=O)Nc2ccccc2)Cc2ccco2)nn1-c1ccc(F)cc1. The number of amides is 2. The van der Waals surface area contributed by atoms with Gasteiger partial charge in [0.25, 0.3) is 5.91 Å². The molecule has 0 unspecified atom stereocenters. The van der Waals surface area contributed by atoms with Crippen molar-refractivity contribution in [3.05, 3.63) is 96.2 Å². The number of rotatable bonds is 7. The van der Waals surface area contributed by atoms with Gasteiger partial charge in [0.2, 0.25) is 11.7 Å². The molecule has 0 aliphatic carbocycles. The van der Waals surface area contributed by atoms with E-state index in [-0.39, 0.29) is 30.6 Å². The van der Waals surface area contributed by atoms with Crippen LogP contribution in [-0.2, 0) is 11.3 Å². The zero-order valence-corrected chi connectivity index (χ0v) is 17.2. The molecule has 162 valence electrons. The summed E-state index contributed by atoms with van der Waals surface area (Å²) in [5.41, 5.74) is 1.19. The highest BCUT2D eigenvalue weighted by Crippen LogP contribution is 2.14. The number of nitrogens with zero attached hydrogens (tertiary/aromatic N) is 4. The van der Waals surface area contributed by atoms with Gasteiger partial charge in [0.15, 0.2) is 0 Å². The van der Waals surface area contributed by atoms with Crippen LogP contribution in [-0.4, -0.2) is 38.0 Å². The van der Waals surface area contributed by atoms with Gasteiger partial charge in [-0.2, -0.15) is 0 Å². The number of carbonyl (C=O) groups is 2. The van der Waals surface area contributed by atoms with Crippen molar-refractivity contribution >= 4 is 17.5 Å². The third kappa shape index (κ3) is 4.89. The quantitative estimate of drug-likeness (QED) is 0.481. The summed E-state index contributed by atoms with van der Waals surface area (Å²) in [4.78, 5) is 31.4. The molecule has 0 aliphatic heterocycles. The van der Waals surface area contributed by atoms with E-state index in [2.05, 4.69) is 15.4 Å². The average Bonchev–Trinajstić information content (AvgIpc) is 3.44. The van der Waals surface area contributed by atoms with Crippen molar-refractivity contribution in [2.24, 2.45) is 0 Å². The van der Waals surface area contributed by atoms with Crippen LogP contribution >= 0.6 is 0 Å². The predicted octanol–water partition coefficient (Wildman–Crippen LogP) is 3.59. The Balaban J connectivity index is 1.56. The second-order valence-electron chi connectivity index (χ2n) is 7.03. The number of aromatic nitrogens is 3. The summed E-state index contributed by atoms with van der Waals surface area (Å²) < 4.78 is 20.0. The lowest BCUT2D eigenvalue weighted by Crippen LogP contribution is -2.38. The number of nitrogens with one attached hydrogen (secondary N) is 1. The van der Waals surface area contributed by atoms with Crippen LogP contribution in [0, 0.1) is 12.7 Å². The van der Waals surface area contributed by atoms with Gasteiger partial charge in [0.05, 0.1) is 18.5 Å². The predicted molar refractivity (Wildman–Crippen MR) is 115 cm³/mol. The molecule has 4 aromatic rings. The van der Waals surface area contributed by atoms with Crippen LogP contribution in [0.2, 0.25) is 0 Å². The third-order valence-corrected chi connectivity index (χ3v) is 4.64. The molecule has 9 heteroatoms. The van der Waals surface area contributed by atoms with Crippen LogP contribution in [0.25, 0.3) is 5.69 Å². The van der Waals surface area contributed by atoms with Gasteiger partial charge in [-0.3, -0.25) is 9.59 Å². The fourth-order valence-electron chi connectivity index (χ4n) is 3.13. The highest BCUT2D eigenvalue weighted by Gasteiger charge is 2.25. The highest BCUT2D eigenvalue weighted by atomic mass is 19.1. The zero-order valence-electron chi connectivity index (χ0n) is 17.2. The van der Waals surface area contributed by atoms with Gasteiger partial charge in [-0.1, -0.05) is 18.2 Å². The third-order valence-electron chi connectivity index (χ3n) is 4.64. The molecule has 0 aliphatic rings. The topological polar surface area (TPSA) is 93.3 Å². The van der Waals surface area contributed by atoms with E-state index in [9.17, 15) is 14.0 Å². The summed E-state index contributed by atoms with van der Waals surface area (Å²) in [6, 6.07) is 18.1. The summed E-state index contributed by atoms with van der Waals surface area (Å²) in [5.74, 6) is -0.394. The van der Waals surface area contributed by atoms with Gasteiger partial charge in [0.1, 0.15) is 23.9 Å². The molecule has 32 heavy (non-hydrogen) atoms. The van der Waals surface area contributed by atoms with Crippen molar-refractivity contribution in [2.75, 3.05) is 11.9 Å². The number of anilines is 1. The summed E-state index contributed by atoms with van der Waals surface area (Å²) in [7, 11) is 0. The molecule has 2 amide bonds. The van der Waals surface area contributed by atoms with Crippen molar-refractivity contribution in [3.63, 3.8) is 0 Å². The zero-order chi connectivity index (χ0) is 22.5. The van der Waals surface area contributed by atoms with Crippen LogP contribution in [0.15, 0.2) is 77.4 Å². The number of para-hydroxylation sites is 1. The Morgan fingerprint density at radius 2 is 1.81 bits per heavy atom. The van der Waals surface area contributed by atoms with Crippen LogP contribution in [0.1, 0.15) is 22.2 Å². The van der Waals surface area contributed by atoms with E-state index in [4.69, 9.17) is 4.42 Å². The summed E-state index contributed by atoms with van der Waals surface area (Å²) in [6.07, 6.45) is 1.49. The van der Waals surface area contributed by atoms with Gasteiger partial charge in [-0.05, 0) is 55.5 Å². The van der Waals surface area contributed by atoms with E-state index in [0.29, 0.717) is 23.0 Å². The van der Waals surface area contributed by atoms with Crippen molar-refractivity contribution in [1.29, 1.82) is 0 Å². The van der Waals surface area contributed by atoms with Crippen LogP contribution in [0.4, 0.5) is 10.1 Å². The van der Waals surface area contributed by atoms with Gasteiger partial charge < -0.3 is 14.6 Å². The lowest BCUT2D eigenvalue weighted by Gasteiger charge is -2.19. The fourth-order valence-corrected chi connectivity index (χ4v) is 3.13. The first-order chi connectivity index (χ1) is 15.5. The molecule has 0 spiro atoms. The molecular formula is C23H20FN5O3. The molecule has 0 atom stereocenters. The Bertz CT molecular complexity index is 1200. The van der Waals surface area contributed by atoms with E-state index in [1.807, 2.05) is 6.07 Å². The van der Waals surface area contributed by atoms with Crippen molar-refractivity contribution in [3.8, 4) is 5.69 Å². The second kappa shape index (κ2) is 9.25. The molecule has 0 bridgehead atoms. The molecule has 1 N–H and O–H groups in total. The number of hydrogen-bond acceptors (Lipinski definition) is 5. The van der Waals surface area contributed by atoms with Crippen molar-refractivity contribution in [1.82, 2.24) is 19.7 Å². The second-order valence-corrected chi connectivity index (χ2v) is 7.03. The maximum atomic E-state index is 13.2. The minimum absolute atomic E-state index is 0.0676. The highest BCUT2D eigenvalue weighted by molar-refractivity contribution is 5.97. The maximum absolute atomic E-state index is 13.2. The number of benzene rings is 2. The molecule has 0 saturated heterocycles. The largest absolute Gasteiger partial charge is 0.467 e. The molecular weight excluding hydrogens is 413 g/mol. The molecule has 0 radical (unpaired) electrons. The number of furan rings is 1. The van der Waals surface area contributed by atoms with Gasteiger partial charge >= 0.3 is 0 Å². The molecule has 2 aromatic heterocycles. The molecule has 4 rings (SSSR count). The lowest BCUT2D eigenvalue weighted by molar-refractivity contribution is -0.117. The lowest BCUT2D eigenvalue weighted by atomic mass is 10.3. The molecule has 0 saturated carbocycles. The van der Waals surface area contributed by atoms with Crippen LogP contribution in [0.3, 0.4) is 0 Å². The minimum atomic E-state index is -0.534. The molecule has 8 nitrogen and oxygen atoms in total. The van der Waals surface area contributed by atoms with E-state index in [1.54, 1.807) is 55.5 Å². The van der Waals surface area contributed by atoms with E-state index < -0.39 is 5.91 Å². The summed E-state index contributed by atoms with van der Waals surface area (Å²) in [6.45, 7) is 1.53. The van der Waals surface area contributed by atoms with Gasteiger partial charge in [0, 0.05) is 5.69 Å². The van der Waals surface area contributed by atoms with Crippen molar-refractivity contribution in [2.45, 2.75) is 13.5 Å². The Kier molecular flexibility index (Phi) is 6.07. The van der Waals surface area contributed by atoms with Crippen LogP contribution < -0.4 is 5.32 Å². The standard InChI is InChI=1S/C23H20FN5O3/c1-16-25-22(27-29(16)19-11-9-17(24)10-12-19)23(31)28(14-20-8-5-13-32-20)15-21(30)26-18-6-3-2-4-7-18/h2-13H,14-15H2,1H3,(H,26,30). The number of hydrogen-bond donors (Lipinski definition) is 1. The van der Waals surface area contributed by atoms with Gasteiger partial charge in [-0.25, -0.2) is 14.1 Å². The van der Waals surface area contributed by atoms with E-state index in [1.165, 1.54) is 28.0 Å². The summed E-state index contributed by atoms with van der Waals surface area (Å²) >= 11 is 0. The Labute approximate surface area is 183 Å². The number of aryl methyl sites for hydroxylation is 1. The smallest absolute Gasteiger partial charge is 0.294 e. The minimum Gasteiger partial charge on any atom is -0.467 e. The van der Waals surface area contributed by atoms with E-state index in [0.717, 1.165) is 0 Å². The first-order valence-electron chi connectivity index (χ1n) is 9.86. The fraction of sp³-hybridized carbons (Fsp3) is 0.130. The van der Waals surface area contributed by atoms with E-state index >= 15 is 0 Å². The normalized spacial score (nSPS) is 10.7. The first-order valence-corrected chi connectivity index (χ1v) is 9.86. The molecule has 2 heterocycles. The Morgan fingerprint density at radius 1 is 1.06 bits per heavy atom. The monoisotopic (exact) mass is 433 g/mol. The maximum Gasteiger partial charge on any atom is 0.294 e. The molecule has 2 aromatic carbocycles. The Morgan fingerprint density at radius 3 is 2.50 bits per heavy atom. The van der Waals surface area contributed by atoms with Gasteiger partial charge in [-0.15, -0.1) is 5.10 Å². The average molecular weight is 433 g/mol. The Hall–Kier alpha value is -4.27. The number of carbonyl (C=O) groups excluding carboxylic acids is 2. The molecule has 0 fully saturated rings.